The molecule has 7 rings (SSSR count). The van der Waals surface area contributed by atoms with Gasteiger partial charge in [0.05, 0.1) is 10.9 Å². The zero-order chi connectivity index (χ0) is 18.2. The Bertz CT molecular complexity index is 909. The van der Waals surface area contributed by atoms with Gasteiger partial charge in [-0.1, -0.05) is 52.3 Å². The molecule has 27 heavy (non-hydrogen) atoms. The Hall–Kier alpha value is -1.55. The van der Waals surface area contributed by atoms with Crippen LogP contribution in [-0.4, -0.2) is 11.5 Å². The third kappa shape index (κ3) is 2.48. The molecule has 0 spiro atoms. The van der Waals surface area contributed by atoms with E-state index in [2.05, 4.69) is 57.6 Å². The molecule has 0 saturated heterocycles. The fraction of sp³-hybridized carbons (Fsp3) is 0.522. The molecule has 4 saturated carbocycles. The Kier molecular flexibility index (Phi) is 3.48. The average Bonchev–Trinajstić information content (AvgIpc) is 2.88. The number of nitrogens with two attached hydrogens (primary N) is 1. The van der Waals surface area contributed by atoms with E-state index in [0.717, 1.165) is 17.8 Å². The van der Waals surface area contributed by atoms with Crippen LogP contribution < -0.4 is 11.1 Å². The van der Waals surface area contributed by atoms with Crippen LogP contribution in [0.2, 0.25) is 0 Å². The number of guanidine groups is 1. The van der Waals surface area contributed by atoms with Crippen LogP contribution in [0.5, 0.6) is 0 Å². The van der Waals surface area contributed by atoms with Crippen molar-refractivity contribution in [3.8, 4) is 0 Å². The summed E-state index contributed by atoms with van der Waals surface area (Å²) in [5, 5.41) is 6.37. The monoisotopic (exact) mass is 423 g/mol. The van der Waals surface area contributed by atoms with Gasteiger partial charge in [0.15, 0.2) is 5.96 Å². The predicted molar refractivity (Wildman–Crippen MR) is 114 cm³/mol. The molecule has 0 radical (unpaired) electrons. The largest absolute Gasteiger partial charge is 0.370 e. The predicted octanol–water partition coefficient (Wildman–Crippen LogP) is 5.20. The summed E-state index contributed by atoms with van der Waals surface area (Å²) in [4.78, 5) is 5.20. The van der Waals surface area contributed by atoms with Gasteiger partial charge in [-0.15, -0.1) is 0 Å². The maximum atomic E-state index is 6.52. The summed E-state index contributed by atoms with van der Waals surface area (Å²) in [5.74, 6) is 3.36. The Morgan fingerprint density at radius 3 is 2.19 bits per heavy atom. The molecule has 2 atom stereocenters. The van der Waals surface area contributed by atoms with Gasteiger partial charge in [0.1, 0.15) is 0 Å². The summed E-state index contributed by atoms with van der Waals surface area (Å²) in [7, 11) is 0. The summed E-state index contributed by atoms with van der Waals surface area (Å²) in [6.07, 6.45) is 8.19. The molecule has 0 aromatic heterocycles. The molecule has 140 valence electrons. The van der Waals surface area contributed by atoms with E-state index in [9.17, 15) is 0 Å². The third-order valence-corrected chi connectivity index (χ3v) is 8.57. The van der Waals surface area contributed by atoms with Gasteiger partial charge >= 0.3 is 0 Å². The number of hydrogen-bond donors (Lipinski definition) is 2. The number of nitrogens with one attached hydrogen (secondary N) is 1. The van der Waals surface area contributed by atoms with Crippen LogP contribution in [0.3, 0.4) is 0 Å². The van der Waals surface area contributed by atoms with Crippen molar-refractivity contribution in [3.05, 3.63) is 47.5 Å². The van der Waals surface area contributed by atoms with Gasteiger partial charge in [-0.2, -0.15) is 0 Å². The maximum Gasteiger partial charge on any atom is 0.189 e. The average molecular weight is 424 g/mol. The van der Waals surface area contributed by atoms with Crippen molar-refractivity contribution in [2.45, 2.75) is 54.9 Å². The molecule has 3 N–H and O–H groups in total. The highest BCUT2D eigenvalue weighted by molar-refractivity contribution is 9.09. The molecule has 2 aromatic rings. The zero-order valence-electron chi connectivity index (χ0n) is 15.5. The van der Waals surface area contributed by atoms with E-state index in [4.69, 9.17) is 10.7 Å². The number of halogens is 1. The first kappa shape index (κ1) is 16.4. The van der Waals surface area contributed by atoms with Crippen molar-refractivity contribution in [3.63, 3.8) is 0 Å². The minimum Gasteiger partial charge on any atom is -0.370 e. The third-order valence-electron chi connectivity index (χ3n) is 7.57. The maximum absolute atomic E-state index is 6.52. The Labute approximate surface area is 168 Å². The molecule has 0 aliphatic heterocycles. The molecule has 0 amide bonds. The minimum atomic E-state index is 0.0486. The zero-order valence-corrected chi connectivity index (χ0v) is 17.1. The van der Waals surface area contributed by atoms with Gasteiger partial charge in [0.2, 0.25) is 0 Å². The lowest BCUT2D eigenvalue weighted by atomic mass is 9.53. The molecule has 4 bridgehead atoms. The van der Waals surface area contributed by atoms with Crippen LogP contribution in [0.15, 0.2) is 41.4 Å². The number of nitrogens with zero attached hydrogens (tertiary/aromatic N) is 1. The molecular formula is C23H26BrN3. The smallest absolute Gasteiger partial charge is 0.189 e. The molecular weight excluding hydrogens is 398 g/mol. The molecule has 5 aliphatic rings. The molecule has 4 fully saturated rings. The Morgan fingerprint density at radius 1 is 0.963 bits per heavy atom. The van der Waals surface area contributed by atoms with E-state index in [1.807, 2.05) is 0 Å². The molecule has 2 aromatic carbocycles. The van der Waals surface area contributed by atoms with E-state index in [-0.39, 0.29) is 16.4 Å². The molecule has 5 aliphatic carbocycles. The Balaban J connectivity index is 1.31. The highest BCUT2D eigenvalue weighted by atomic mass is 79.9. The van der Waals surface area contributed by atoms with Crippen molar-refractivity contribution in [2.75, 3.05) is 0 Å². The number of alkyl halides is 1. The summed E-state index contributed by atoms with van der Waals surface area (Å²) in [5.41, 5.74) is 9.35. The topological polar surface area (TPSA) is 50.4 Å². The second-order valence-electron chi connectivity index (χ2n) is 9.48. The number of hydrogen-bond acceptors (Lipinski definition) is 1. The van der Waals surface area contributed by atoms with Crippen molar-refractivity contribution >= 4 is 32.7 Å². The molecule has 4 heteroatoms. The van der Waals surface area contributed by atoms with Crippen LogP contribution in [0.25, 0.3) is 10.8 Å². The van der Waals surface area contributed by atoms with E-state index in [1.54, 1.807) is 0 Å². The van der Waals surface area contributed by atoms with Crippen molar-refractivity contribution in [1.29, 1.82) is 0 Å². The van der Waals surface area contributed by atoms with Crippen molar-refractivity contribution in [2.24, 2.45) is 28.5 Å². The van der Waals surface area contributed by atoms with Crippen LogP contribution in [-0.2, 0) is 0 Å². The second kappa shape index (κ2) is 5.73. The van der Waals surface area contributed by atoms with Gasteiger partial charge in [-0.05, 0) is 78.2 Å². The minimum absolute atomic E-state index is 0.0486. The first-order valence-electron chi connectivity index (χ1n) is 10.4. The van der Waals surface area contributed by atoms with E-state index in [0.29, 0.717) is 5.96 Å². The molecule has 3 nitrogen and oxygen atoms in total. The standard InChI is InChI=1S/C23H26BrN3/c24-20-17-5-1-3-16-4-2-6-18(19(16)17)21(20)26-22(25)27-23-10-13-7-14(11-23)9-15(8-13)12-23/h1-6,13-15,20-21H,7-12H2,(H3,25,26,27). The van der Waals surface area contributed by atoms with E-state index in [1.165, 1.54) is 60.4 Å². The summed E-state index contributed by atoms with van der Waals surface area (Å²) in [6, 6.07) is 13.1. The molecule has 0 heterocycles. The molecule has 2 unspecified atom stereocenters. The second-order valence-corrected chi connectivity index (χ2v) is 10.5. The lowest BCUT2D eigenvalue weighted by molar-refractivity contribution is -0.0102. The summed E-state index contributed by atoms with van der Waals surface area (Å²) >= 11 is 3.91. The van der Waals surface area contributed by atoms with Crippen molar-refractivity contribution < 1.29 is 0 Å². The van der Waals surface area contributed by atoms with Gasteiger partial charge in [-0.3, -0.25) is 0 Å². The van der Waals surface area contributed by atoms with Crippen LogP contribution in [0.1, 0.15) is 60.5 Å². The van der Waals surface area contributed by atoms with Crippen LogP contribution >= 0.6 is 15.9 Å². The fourth-order valence-electron chi connectivity index (χ4n) is 7.06. The van der Waals surface area contributed by atoms with Crippen molar-refractivity contribution in [1.82, 2.24) is 5.32 Å². The van der Waals surface area contributed by atoms with Crippen LogP contribution in [0, 0.1) is 17.8 Å². The van der Waals surface area contributed by atoms with Gasteiger partial charge < -0.3 is 11.1 Å². The summed E-state index contributed by atoms with van der Waals surface area (Å²) < 4.78 is 0. The highest BCUT2D eigenvalue weighted by Crippen LogP contribution is 2.56. The highest BCUT2D eigenvalue weighted by Gasteiger charge is 2.51. The number of aliphatic imine (C=N–C) groups is 1. The lowest BCUT2D eigenvalue weighted by Gasteiger charge is -2.57. The van der Waals surface area contributed by atoms with Crippen LogP contribution in [0.4, 0.5) is 0 Å². The first-order valence-corrected chi connectivity index (χ1v) is 11.3. The van der Waals surface area contributed by atoms with E-state index < -0.39 is 0 Å². The van der Waals surface area contributed by atoms with Gasteiger partial charge in [-0.25, -0.2) is 4.99 Å². The lowest BCUT2D eigenvalue weighted by Crippen LogP contribution is -2.61. The van der Waals surface area contributed by atoms with E-state index >= 15 is 0 Å². The number of rotatable bonds is 2. The van der Waals surface area contributed by atoms with Gasteiger partial charge in [0, 0.05) is 5.54 Å². The quantitative estimate of drug-likeness (QED) is 0.395. The SMILES string of the molecule is NC(=NC1c2cccc3cccc(c23)C1Br)NC12CC3CC(CC(C3)C1)C2. The Morgan fingerprint density at radius 2 is 1.56 bits per heavy atom. The normalized spacial score (nSPS) is 39.3. The fourth-order valence-corrected chi connectivity index (χ4v) is 7.84. The van der Waals surface area contributed by atoms with Gasteiger partial charge in [0.25, 0.3) is 0 Å². The number of benzene rings is 2. The first-order chi connectivity index (χ1) is 13.1. The summed E-state index contributed by atoms with van der Waals surface area (Å²) in [6.45, 7) is 0.